The van der Waals surface area contributed by atoms with Crippen LogP contribution >= 0.6 is 11.6 Å². The van der Waals surface area contributed by atoms with Gasteiger partial charge in [-0.25, -0.2) is 12.8 Å². The van der Waals surface area contributed by atoms with Gasteiger partial charge in [-0.1, -0.05) is 23.7 Å². The van der Waals surface area contributed by atoms with Gasteiger partial charge < -0.3 is 0 Å². The van der Waals surface area contributed by atoms with Crippen molar-refractivity contribution in [3.8, 4) is 0 Å². The number of aromatic nitrogens is 2. The van der Waals surface area contributed by atoms with Crippen molar-refractivity contribution in [2.45, 2.75) is 38.4 Å². The highest BCUT2D eigenvalue weighted by Gasteiger charge is 2.26. The number of nitrogens with zero attached hydrogens (tertiary/aromatic N) is 3. The van der Waals surface area contributed by atoms with Gasteiger partial charge in [0.15, 0.2) is 0 Å². The van der Waals surface area contributed by atoms with Crippen LogP contribution in [0.2, 0.25) is 5.02 Å². The molecule has 3 rings (SSSR count). The quantitative estimate of drug-likeness (QED) is 0.568. The van der Waals surface area contributed by atoms with Crippen molar-refractivity contribution in [2.75, 3.05) is 0 Å². The Bertz CT molecular complexity index is 1050. The Kier molecular flexibility index (Phi) is 6.17. The van der Waals surface area contributed by atoms with Crippen LogP contribution in [0.4, 0.5) is 4.39 Å². The third kappa shape index (κ3) is 4.60. The van der Waals surface area contributed by atoms with Crippen molar-refractivity contribution < 1.29 is 12.8 Å². The molecular formula is C20H21ClFN3O2S. The lowest BCUT2D eigenvalue weighted by molar-refractivity contribution is 0.400. The zero-order chi connectivity index (χ0) is 20.3. The third-order valence-electron chi connectivity index (χ3n) is 4.44. The van der Waals surface area contributed by atoms with Gasteiger partial charge in [-0.3, -0.25) is 4.68 Å². The summed E-state index contributed by atoms with van der Waals surface area (Å²) < 4.78 is 43.0. The minimum atomic E-state index is -3.79. The molecule has 0 spiro atoms. The van der Waals surface area contributed by atoms with E-state index < -0.39 is 10.0 Å². The van der Waals surface area contributed by atoms with Crippen LogP contribution in [-0.4, -0.2) is 22.5 Å². The first-order valence-electron chi connectivity index (χ1n) is 8.82. The average molecular weight is 422 g/mol. The Morgan fingerprint density at radius 3 is 2.29 bits per heavy atom. The topological polar surface area (TPSA) is 55.2 Å². The molecule has 0 aliphatic carbocycles. The van der Waals surface area contributed by atoms with Crippen molar-refractivity contribution in [1.29, 1.82) is 0 Å². The van der Waals surface area contributed by atoms with Gasteiger partial charge in [0.2, 0.25) is 10.0 Å². The largest absolute Gasteiger partial charge is 0.272 e. The van der Waals surface area contributed by atoms with Gasteiger partial charge in [0.25, 0.3) is 0 Å². The van der Waals surface area contributed by atoms with Gasteiger partial charge in [-0.15, -0.1) is 0 Å². The fourth-order valence-corrected chi connectivity index (χ4v) is 4.37. The maximum atomic E-state index is 13.3. The molecule has 2 aromatic carbocycles. The molecule has 148 valence electrons. The van der Waals surface area contributed by atoms with E-state index >= 15 is 0 Å². The molecule has 8 heteroatoms. The predicted molar refractivity (Wildman–Crippen MR) is 107 cm³/mol. The second-order valence-corrected chi connectivity index (χ2v) is 8.82. The normalized spacial score (nSPS) is 11.9. The lowest BCUT2D eigenvalue weighted by atomic mass is 10.2. The summed E-state index contributed by atoms with van der Waals surface area (Å²) in [5, 5.41) is 4.86. The van der Waals surface area contributed by atoms with E-state index in [-0.39, 0.29) is 23.8 Å². The van der Waals surface area contributed by atoms with Crippen LogP contribution in [0.25, 0.3) is 0 Å². The molecule has 0 bridgehead atoms. The maximum absolute atomic E-state index is 13.3. The zero-order valence-electron chi connectivity index (χ0n) is 15.6. The number of rotatable bonds is 7. The van der Waals surface area contributed by atoms with E-state index in [4.69, 9.17) is 11.6 Å². The number of aryl methyl sites for hydroxylation is 2. The molecule has 0 fully saturated rings. The fraction of sp³-hybridized carbons (Fsp3) is 0.250. The fourth-order valence-electron chi connectivity index (χ4n) is 2.84. The van der Waals surface area contributed by atoms with Gasteiger partial charge >= 0.3 is 0 Å². The van der Waals surface area contributed by atoms with Crippen LogP contribution in [-0.2, 0) is 29.7 Å². The van der Waals surface area contributed by atoms with Crippen LogP contribution in [0.1, 0.15) is 23.7 Å². The van der Waals surface area contributed by atoms with Crippen LogP contribution in [0.5, 0.6) is 0 Å². The highest BCUT2D eigenvalue weighted by molar-refractivity contribution is 7.89. The van der Waals surface area contributed by atoms with Crippen molar-refractivity contribution in [2.24, 2.45) is 0 Å². The first kappa shape index (κ1) is 20.5. The molecular weight excluding hydrogens is 401 g/mol. The monoisotopic (exact) mass is 421 g/mol. The van der Waals surface area contributed by atoms with Crippen molar-refractivity contribution in [3.63, 3.8) is 0 Å². The summed E-state index contributed by atoms with van der Waals surface area (Å²) in [5.74, 6) is -0.365. The number of hydrogen-bond donors (Lipinski definition) is 0. The first-order valence-corrected chi connectivity index (χ1v) is 10.6. The molecule has 0 saturated carbocycles. The second kappa shape index (κ2) is 8.43. The lowest BCUT2D eigenvalue weighted by Crippen LogP contribution is -2.30. The zero-order valence-corrected chi connectivity index (χ0v) is 17.2. The number of halogens is 2. The van der Waals surface area contributed by atoms with Crippen molar-refractivity contribution in [3.05, 3.63) is 82.4 Å². The Labute approximate surface area is 169 Å². The molecule has 0 aliphatic heterocycles. The SMILES string of the molecule is CCn1cc(CN(Cc2ccc(F)cc2)S(=O)(=O)c2ccc(Cl)cc2)c(C)n1. The Balaban J connectivity index is 1.98. The van der Waals surface area contributed by atoms with Crippen LogP contribution in [0, 0.1) is 12.7 Å². The van der Waals surface area contributed by atoms with E-state index in [0.717, 1.165) is 11.3 Å². The molecule has 5 nitrogen and oxygen atoms in total. The van der Waals surface area contributed by atoms with Gasteiger partial charge in [0, 0.05) is 36.4 Å². The molecule has 0 atom stereocenters. The molecule has 3 aromatic rings. The van der Waals surface area contributed by atoms with E-state index in [2.05, 4.69) is 5.10 Å². The minimum Gasteiger partial charge on any atom is -0.272 e. The van der Waals surface area contributed by atoms with Crippen LogP contribution in [0.15, 0.2) is 59.6 Å². The average Bonchev–Trinajstić information content (AvgIpc) is 3.03. The Morgan fingerprint density at radius 1 is 1.07 bits per heavy atom. The van der Waals surface area contributed by atoms with E-state index in [1.54, 1.807) is 28.9 Å². The standard InChI is InChI=1S/C20H21ClFN3O2S/c1-3-24-13-17(15(2)23-24)14-25(12-16-4-8-19(22)9-5-16)28(26,27)20-10-6-18(21)7-11-20/h4-11,13H,3,12,14H2,1-2H3. The molecule has 0 amide bonds. The summed E-state index contributed by atoms with van der Waals surface area (Å²) >= 11 is 5.90. The Morgan fingerprint density at radius 2 is 1.71 bits per heavy atom. The third-order valence-corrected chi connectivity index (χ3v) is 6.50. The summed E-state index contributed by atoms with van der Waals surface area (Å²) in [6.07, 6.45) is 1.85. The molecule has 0 aliphatic rings. The lowest BCUT2D eigenvalue weighted by Gasteiger charge is -2.22. The number of hydrogen-bond acceptors (Lipinski definition) is 3. The molecule has 0 unspecified atom stereocenters. The van der Waals surface area contributed by atoms with Gasteiger partial charge in [-0.2, -0.15) is 9.40 Å². The van der Waals surface area contributed by atoms with Crippen molar-refractivity contribution in [1.82, 2.24) is 14.1 Å². The molecule has 28 heavy (non-hydrogen) atoms. The molecule has 0 radical (unpaired) electrons. The molecule has 0 saturated heterocycles. The summed E-state index contributed by atoms with van der Waals surface area (Å²) in [6.45, 7) is 4.79. The number of benzene rings is 2. The van der Waals surface area contributed by atoms with E-state index in [1.807, 2.05) is 20.0 Å². The summed E-state index contributed by atoms with van der Waals surface area (Å²) in [5.41, 5.74) is 2.29. The highest BCUT2D eigenvalue weighted by Crippen LogP contribution is 2.23. The van der Waals surface area contributed by atoms with Crippen LogP contribution < -0.4 is 0 Å². The molecule has 0 N–H and O–H groups in total. The van der Waals surface area contributed by atoms with Gasteiger partial charge in [0.1, 0.15) is 5.82 Å². The first-order chi connectivity index (χ1) is 13.3. The summed E-state index contributed by atoms with van der Waals surface area (Å²) in [6, 6.07) is 11.9. The van der Waals surface area contributed by atoms with E-state index in [0.29, 0.717) is 17.1 Å². The molecule has 1 aromatic heterocycles. The number of sulfonamides is 1. The highest BCUT2D eigenvalue weighted by atomic mass is 35.5. The maximum Gasteiger partial charge on any atom is 0.243 e. The van der Waals surface area contributed by atoms with Gasteiger partial charge in [-0.05, 0) is 55.8 Å². The summed E-state index contributed by atoms with van der Waals surface area (Å²) in [4.78, 5) is 0.152. The second-order valence-electron chi connectivity index (χ2n) is 6.45. The Hall–Kier alpha value is -2.22. The van der Waals surface area contributed by atoms with Gasteiger partial charge in [0.05, 0.1) is 10.6 Å². The summed E-state index contributed by atoms with van der Waals surface area (Å²) in [7, 11) is -3.79. The van der Waals surface area contributed by atoms with Crippen LogP contribution in [0.3, 0.4) is 0 Å². The smallest absolute Gasteiger partial charge is 0.243 e. The van der Waals surface area contributed by atoms with E-state index in [1.165, 1.54) is 28.6 Å². The molecule has 1 heterocycles. The predicted octanol–water partition coefficient (Wildman–Crippen LogP) is 4.40. The minimum absolute atomic E-state index is 0.113. The van der Waals surface area contributed by atoms with E-state index in [9.17, 15) is 12.8 Å². The van der Waals surface area contributed by atoms with Crippen molar-refractivity contribution >= 4 is 21.6 Å².